The van der Waals surface area contributed by atoms with Gasteiger partial charge in [0.2, 0.25) is 0 Å². The van der Waals surface area contributed by atoms with E-state index in [0.717, 1.165) is 30.8 Å². The number of nitrogens with zero attached hydrogens (tertiary/aromatic N) is 1. The number of hydrogen-bond acceptors (Lipinski definition) is 3. The van der Waals surface area contributed by atoms with Gasteiger partial charge < -0.3 is 10.1 Å². The summed E-state index contributed by atoms with van der Waals surface area (Å²) in [4.78, 5) is 2.09. The molecule has 1 aliphatic rings. The smallest absolute Gasteiger partial charge is 0.127 e. The summed E-state index contributed by atoms with van der Waals surface area (Å²) in [6.45, 7) is 5.67. The summed E-state index contributed by atoms with van der Waals surface area (Å²) >= 11 is 0. The first-order valence-electron chi connectivity index (χ1n) is 7.46. The molecule has 1 aliphatic carbocycles. The minimum atomic E-state index is -0.122. The molecule has 4 heteroatoms. The quantitative estimate of drug-likeness (QED) is 0.704. The Labute approximate surface area is 121 Å². The second-order valence-corrected chi connectivity index (χ2v) is 5.52. The topological polar surface area (TPSA) is 24.5 Å². The number of rotatable bonds is 9. The van der Waals surface area contributed by atoms with Crippen LogP contribution < -0.4 is 5.32 Å². The Hall–Kier alpha value is -0.970. The molecule has 0 saturated heterocycles. The largest absolute Gasteiger partial charge is 0.380 e. The lowest BCUT2D eigenvalue weighted by Crippen LogP contribution is -2.23. The van der Waals surface area contributed by atoms with Crippen LogP contribution in [-0.4, -0.2) is 37.7 Å². The van der Waals surface area contributed by atoms with Crippen molar-refractivity contribution in [3.8, 4) is 0 Å². The number of likely N-dealkylation sites (N-methyl/N-ethyl adjacent to an activating group) is 1. The maximum atomic E-state index is 13.9. The van der Waals surface area contributed by atoms with E-state index < -0.39 is 0 Å². The number of hydrogen-bond donors (Lipinski definition) is 1. The van der Waals surface area contributed by atoms with Gasteiger partial charge in [0, 0.05) is 37.8 Å². The molecule has 20 heavy (non-hydrogen) atoms. The van der Waals surface area contributed by atoms with Gasteiger partial charge in [-0.15, -0.1) is 0 Å². The van der Waals surface area contributed by atoms with Crippen molar-refractivity contribution in [1.29, 1.82) is 0 Å². The van der Waals surface area contributed by atoms with Crippen molar-refractivity contribution in [1.82, 2.24) is 10.2 Å². The zero-order chi connectivity index (χ0) is 14.4. The van der Waals surface area contributed by atoms with Crippen LogP contribution in [0.2, 0.25) is 0 Å². The van der Waals surface area contributed by atoms with Crippen LogP contribution in [0, 0.1) is 5.82 Å². The lowest BCUT2D eigenvalue weighted by Gasteiger charge is -2.17. The fourth-order valence-electron chi connectivity index (χ4n) is 2.14. The highest BCUT2D eigenvalue weighted by atomic mass is 19.1. The summed E-state index contributed by atoms with van der Waals surface area (Å²) in [5.74, 6) is -0.122. The summed E-state index contributed by atoms with van der Waals surface area (Å²) in [5, 5.41) is 3.46. The Kier molecular flexibility index (Phi) is 5.95. The van der Waals surface area contributed by atoms with Gasteiger partial charge in [-0.05, 0) is 38.4 Å². The summed E-state index contributed by atoms with van der Waals surface area (Å²) in [6.07, 6.45) is 2.54. The monoisotopic (exact) mass is 280 g/mol. The van der Waals surface area contributed by atoms with Gasteiger partial charge in [-0.3, -0.25) is 4.90 Å². The molecule has 1 saturated carbocycles. The molecule has 0 heterocycles. The molecule has 0 aliphatic heterocycles. The van der Waals surface area contributed by atoms with Crippen LogP contribution in [0.25, 0.3) is 0 Å². The van der Waals surface area contributed by atoms with Gasteiger partial charge in [0.1, 0.15) is 5.82 Å². The summed E-state index contributed by atoms with van der Waals surface area (Å²) in [5.41, 5.74) is 1.92. The molecule has 0 bridgehead atoms. The maximum Gasteiger partial charge on any atom is 0.127 e. The highest BCUT2D eigenvalue weighted by Crippen LogP contribution is 2.20. The van der Waals surface area contributed by atoms with Crippen molar-refractivity contribution >= 4 is 0 Å². The highest BCUT2D eigenvalue weighted by molar-refractivity contribution is 5.25. The first kappa shape index (κ1) is 15.4. The lowest BCUT2D eigenvalue weighted by molar-refractivity contribution is 0.120. The van der Waals surface area contributed by atoms with Crippen LogP contribution in [0.1, 0.15) is 30.9 Å². The molecule has 1 aromatic carbocycles. The Morgan fingerprint density at radius 3 is 2.90 bits per heavy atom. The van der Waals surface area contributed by atoms with E-state index in [2.05, 4.69) is 10.2 Å². The molecule has 0 aromatic heterocycles. The van der Waals surface area contributed by atoms with E-state index in [0.29, 0.717) is 19.2 Å². The number of halogens is 1. The molecule has 1 N–H and O–H groups in total. The van der Waals surface area contributed by atoms with Crippen molar-refractivity contribution in [3.05, 3.63) is 35.1 Å². The molecular weight excluding hydrogens is 255 g/mol. The third kappa shape index (κ3) is 5.19. The standard InChI is InChI=1S/C16H25FN2O/c1-3-20-9-8-19(2)12-14-10-13(4-7-16(14)17)11-18-15-5-6-15/h4,7,10,15,18H,3,5-6,8-9,11-12H2,1-2H3. The second-order valence-electron chi connectivity index (χ2n) is 5.52. The van der Waals surface area contributed by atoms with Crippen molar-refractivity contribution in [2.24, 2.45) is 0 Å². The molecule has 0 radical (unpaired) electrons. The maximum absolute atomic E-state index is 13.9. The van der Waals surface area contributed by atoms with Crippen LogP contribution in [0.4, 0.5) is 4.39 Å². The Balaban J connectivity index is 1.86. The van der Waals surface area contributed by atoms with Gasteiger partial charge in [0.15, 0.2) is 0 Å². The van der Waals surface area contributed by atoms with E-state index >= 15 is 0 Å². The molecule has 0 amide bonds. The van der Waals surface area contributed by atoms with Gasteiger partial charge in [-0.2, -0.15) is 0 Å². The third-order valence-electron chi connectivity index (χ3n) is 3.54. The first-order chi connectivity index (χ1) is 9.69. The van der Waals surface area contributed by atoms with Crippen molar-refractivity contribution in [2.75, 3.05) is 26.8 Å². The summed E-state index contributed by atoms with van der Waals surface area (Å²) < 4.78 is 19.2. The first-order valence-corrected chi connectivity index (χ1v) is 7.46. The van der Waals surface area contributed by atoms with E-state index in [1.54, 1.807) is 6.07 Å². The number of benzene rings is 1. The van der Waals surface area contributed by atoms with E-state index in [9.17, 15) is 4.39 Å². The van der Waals surface area contributed by atoms with E-state index in [1.165, 1.54) is 12.8 Å². The number of nitrogens with one attached hydrogen (secondary N) is 1. The van der Waals surface area contributed by atoms with E-state index in [-0.39, 0.29) is 5.82 Å². The Bertz CT molecular complexity index is 421. The molecule has 1 fully saturated rings. The van der Waals surface area contributed by atoms with Crippen LogP contribution >= 0.6 is 0 Å². The molecule has 0 unspecified atom stereocenters. The van der Waals surface area contributed by atoms with Crippen molar-refractivity contribution < 1.29 is 9.13 Å². The normalized spacial score (nSPS) is 15.0. The molecule has 0 spiro atoms. The predicted molar refractivity (Wildman–Crippen MR) is 79.1 cm³/mol. The van der Waals surface area contributed by atoms with Gasteiger partial charge in [0.25, 0.3) is 0 Å². The molecule has 1 aromatic rings. The zero-order valence-corrected chi connectivity index (χ0v) is 12.5. The van der Waals surface area contributed by atoms with Gasteiger partial charge in [-0.25, -0.2) is 4.39 Å². The summed E-state index contributed by atoms with van der Waals surface area (Å²) in [7, 11) is 1.99. The van der Waals surface area contributed by atoms with Crippen molar-refractivity contribution in [3.63, 3.8) is 0 Å². The minimum Gasteiger partial charge on any atom is -0.380 e. The zero-order valence-electron chi connectivity index (χ0n) is 12.5. The average molecular weight is 280 g/mol. The van der Waals surface area contributed by atoms with Crippen LogP contribution in [0.3, 0.4) is 0 Å². The Morgan fingerprint density at radius 2 is 2.20 bits per heavy atom. The summed E-state index contributed by atoms with van der Waals surface area (Å²) in [6, 6.07) is 6.10. The molecule has 0 atom stereocenters. The second kappa shape index (κ2) is 7.72. The fraction of sp³-hybridized carbons (Fsp3) is 0.625. The van der Waals surface area contributed by atoms with Gasteiger partial charge in [0.05, 0.1) is 6.61 Å². The minimum absolute atomic E-state index is 0.122. The SMILES string of the molecule is CCOCCN(C)Cc1cc(CNC2CC2)ccc1F. The Morgan fingerprint density at radius 1 is 1.40 bits per heavy atom. The molecular formula is C16H25FN2O. The van der Waals surface area contributed by atoms with Crippen molar-refractivity contribution in [2.45, 2.75) is 38.9 Å². The molecule has 3 nitrogen and oxygen atoms in total. The average Bonchev–Trinajstić information content (AvgIpc) is 3.24. The van der Waals surface area contributed by atoms with E-state index in [1.807, 2.05) is 26.1 Å². The van der Waals surface area contributed by atoms with Crippen LogP contribution in [0.15, 0.2) is 18.2 Å². The third-order valence-corrected chi connectivity index (χ3v) is 3.54. The predicted octanol–water partition coefficient (Wildman–Crippen LogP) is 2.55. The number of ether oxygens (including phenoxy) is 1. The van der Waals surface area contributed by atoms with Crippen LogP contribution in [0.5, 0.6) is 0 Å². The fourth-order valence-corrected chi connectivity index (χ4v) is 2.14. The highest BCUT2D eigenvalue weighted by Gasteiger charge is 2.20. The van der Waals surface area contributed by atoms with Gasteiger partial charge in [-0.1, -0.05) is 12.1 Å². The lowest BCUT2D eigenvalue weighted by atomic mass is 10.1. The van der Waals surface area contributed by atoms with Crippen LogP contribution in [-0.2, 0) is 17.8 Å². The van der Waals surface area contributed by atoms with E-state index in [4.69, 9.17) is 4.74 Å². The molecule has 2 rings (SSSR count). The van der Waals surface area contributed by atoms with Gasteiger partial charge >= 0.3 is 0 Å². The molecule has 112 valence electrons.